The molecular formula is C24H39NO4. The van der Waals surface area contributed by atoms with Gasteiger partial charge in [0.1, 0.15) is 18.5 Å². The van der Waals surface area contributed by atoms with Gasteiger partial charge in [0, 0.05) is 13.2 Å². The van der Waals surface area contributed by atoms with Crippen LogP contribution in [0.3, 0.4) is 0 Å². The first-order valence-corrected chi connectivity index (χ1v) is 10.9. The maximum atomic E-state index is 12.1. The Kier molecular flexibility index (Phi) is 8.97. The van der Waals surface area contributed by atoms with Gasteiger partial charge in [-0.3, -0.25) is 4.79 Å². The molecule has 1 saturated heterocycles. The number of nitrogens with two attached hydrogens (primary N) is 1. The highest BCUT2D eigenvalue weighted by molar-refractivity contribution is 5.75. The number of hydrogen-bond acceptors (Lipinski definition) is 5. The highest BCUT2D eigenvalue weighted by Crippen LogP contribution is 2.32. The van der Waals surface area contributed by atoms with Gasteiger partial charge in [0.15, 0.2) is 0 Å². The van der Waals surface area contributed by atoms with E-state index in [1.165, 1.54) is 5.56 Å². The molecule has 1 aliphatic heterocycles. The van der Waals surface area contributed by atoms with E-state index in [9.17, 15) is 4.79 Å². The van der Waals surface area contributed by atoms with Gasteiger partial charge in [0.2, 0.25) is 0 Å². The number of carbonyl (C=O) groups is 1. The zero-order valence-electron chi connectivity index (χ0n) is 18.9. The molecule has 0 amide bonds. The van der Waals surface area contributed by atoms with Gasteiger partial charge in [-0.25, -0.2) is 0 Å². The smallest absolute Gasteiger partial charge is 0.309 e. The average Bonchev–Trinajstić information content (AvgIpc) is 3.05. The van der Waals surface area contributed by atoms with E-state index in [0.29, 0.717) is 31.0 Å². The molecule has 0 radical (unpaired) electrons. The molecule has 1 aromatic carbocycles. The van der Waals surface area contributed by atoms with Crippen molar-refractivity contribution in [2.75, 3.05) is 20.3 Å². The Morgan fingerprint density at radius 1 is 1.21 bits per heavy atom. The molecule has 2 N–H and O–H groups in total. The number of hydrogen-bond donors (Lipinski definition) is 1. The Bertz CT molecular complexity index is 658. The van der Waals surface area contributed by atoms with Crippen molar-refractivity contribution in [1.82, 2.24) is 0 Å². The lowest BCUT2D eigenvalue weighted by atomic mass is 9.82. The van der Waals surface area contributed by atoms with E-state index in [1.54, 1.807) is 7.11 Å². The van der Waals surface area contributed by atoms with E-state index < -0.39 is 0 Å². The third-order valence-corrected chi connectivity index (χ3v) is 6.15. The number of esters is 1. The van der Waals surface area contributed by atoms with Crippen LogP contribution in [0.25, 0.3) is 0 Å². The summed E-state index contributed by atoms with van der Waals surface area (Å²) in [4.78, 5) is 12.1. The minimum Gasteiger partial charge on any atom is -0.491 e. The van der Waals surface area contributed by atoms with E-state index >= 15 is 0 Å². The standard InChI is InChI=1S/C24H39NO4/c1-15(2)19(13-21(25)23-14-20(16(3)4)24(26)29-23)11-18-8-7-17(5)22(12-18)28-10-9-27-6/h7-8,12,15-16,19-21,23H,9-11,13-14,25H2,1-6H3/t19-,20-,21-,23?/m0/s1. The summed E-state index contributed by atoms with van der Waals surface area (Å²) in [6.07, 6.45) is 2.35. The number of rotatable bonds is 11. The molecule has 0 spiro atoms. The summed E-state index contributed by atoms with van der Waals surface area (Å²) in [7, 11) is 1.67. The van der Waals surface area contributed by atoms with Gasteiger partial charge >= 0.3 is 5.97 Å². The van der Waals surface area contributed by atoms with Crippen LogP contribution in [0.2, 0.25) is 0 Å². The van der Waals surface area contributed by atoms with Gasteiger partial charge in [0.25, 0.3) is 0 Å². The van der Waals surface area contributed by atoms with Gasteiger partial charge in [-0.05, 0) is 61.1 Å². The molecule has 0 bridgehead atoms. The van der Waals surface area contributed by atoms with E-state index in [-0.39, 0.29) is 24.0 Å². The summed E-state index contributed by atoms with van der Waals surface area (Å²) in [6.45, 7) is 11.8. The first kappa shape index (κ1) is 23.7. The topological polar surface area (TPSA) is 70.8 Å². The number of aryl methyl sites for hydroxylation is 1. The zero-order valence-corrected chi connectivity index (χ0v) is 18.9. The molecule has 29 heavy (non-hydrogen) atoms. The molecule has 1 aromatic rings. The lowest BCUT2D eigenvalue weighted by Crippen LogP contribution is -2.37. The average molecular weight is 406 g/mol. The van der Waals surface area contributed by atoms with Crippen LogP contribution >= 0.6 is 0 Å². The summed E-state index contributed by atoms with van der Waals surface area (Å²) in [5.41, 5.74) is 8.89. The van der Waals surface area contributed by atoms with Crippen LogP contribution in [0.15, 0.2) is 18.2 Å². The van der Waals surface area contributed by atoms with Crippen molar-refractivity contribution < 1.29 is 19.0 Å². The summed E-state index contributed by atoms with van der Waals surface area (Å²) in [5, 5.41) is 0. The maximum absolute atomic E-state index is 12.1. The summed E-state index contributed by atoms with van der Waals surface area (Å²) in [5.74, 6) is 2.00. The SMILES string of the molecule is COCCOc1cc(C[C@@H](C[C@H](N)C2C[C@@H](C(C)C)C(=O)O2)C(C)C)ccc1C. The molecule has 1 fully saturated rings. The highest BCUT2D eigenvalue weighted by Gasteiger charge is 2.39. The van der Waals surface area contributed by atoms with Crippen LogP contribution in [0.5, 0.6) is 5.75 Å². The van der Waals surface area contributed by atoms with Crippen LogP contribution in [0.1, 0.15) is 51.7 Å². The lowest BCUT2D eigenvalue weighted by molar-refractivity contribution is -0.146. The molecular weight excluding hydrogens is 366 g/mol. The van der Waals surface area contributed by atoms with Crippen LogP contribution in [0, 0.1) is 30.6 Å². The van der Waals surface area contributed by atoms with Crippen LogP contribution in [-0.2, 0) is 20.7 Å². The second-order valence-corrected chi connectivity index (χ2v) is 9.11. The van der Waals surface area contributed by atoms with Crippen molar-refractivity contribution in [2.24, 2.45) is 29.4 Å². The summed E-state index contributed by atoms with van der Waals surface area (Å²) < 4.78 is 16.6. The maximum Gasteiger partial charge on any atom is 0.309 e. The number of methoxy groups -OCH3 is 1. The third kappa shape index (κ3) is 6.71. The van der Waals surface area contributed by atoms with Crippen molar-refractivity contribution in [1.29, 1.82) is 0 Å². The molecule has 1 unspecified atom stereocenters. The Balaban J connectivity index is 2.01. The second kappa shape index (κ2) is 11.0. The molecule has 5 heteroatoms. The van der Waals surface area contributed by atoms with Crippen molar-refractivity contribution >= 4 is 5.97 Å². The van der Waals surface area contributed by atoms with Crippen LogP contribution < -0.4 is 10.5 Å². The molecule has 1 heterocycles. The van der Waals surface area contributed by atoms with Crippen molar-refractivity contribution in [3.63, 3.8) is 0 Å². The molecule has 5 nitrogen and oxygen atoms in total. The van der Waals surface area contributed by atoms with Gasteiger partial charge in [-0.15, -0.1) is 0 Å². The summed E-state index contributed by atoms with van der Waals surface area (Å²) in [6, 6.07) is 6.29. The monoisotopic (exact) mass is 405 g/mol. The van der Waals surface area contributed by atoms with E-state index in [2.05, 4.69) is 52.8 Å². The third-order valence-electron chi connectivity index (χ3n) is 6.15. The lowest BCUT2D eigenvalue weighted by Gasteiger charge is -2.27. The first-order valence-electron chi connectivity index (χ1n) is 10.9. The molecule has 0 aromatic heterocycles. The number of carbonyl (C=O) groups excluding carboxylic acids is 1. The Labute approximate surface area is 176 Å². The predicted molar refractivity (Wildman–Crippen MR) is 116 cm³/mol. The number of ether oxygens (including phenoxy) is 3. The number of cyclic esters (lactones) is 1. The van der Waals surface area contributed by atoms with Crippen molar-refractivity contribution in [3.05, 3.63) is 29.3 Å². The van der Waals surface area contributed by atoms with Crippen LogP contribution in [-0.4, -0.2) is 38.4 Å². The zero-order chi connectivity index (χ0) is 21.6. The van der Waals surface area contributed by atoms with E-state index in [0.717, 1.165) is 30.6 Å². The van der Waals surface area contributed by atoms with Crippen LogP contribution in [0.4, 0.5) is 0 Å². The minimum absolute atomic E-state index is 0.0209. The van der Waals surface area contributed by atoms with E-state index in [1.807, 2.05) is 0 Å². The normalized spacial score (nSPS) is 21.5. The number of benzene rings is 1. The molecule has 1 aliphatic rings. The summed E-state index contributed by atoms with van der Waals surface area (Å²) >= 11 is 0. The van der Waals surface area contributed by atoms with Crippen molar-refractivity contribution in [3.8, 4) is 5.75 Å². The fourth-order valence-corrected chi connectivity index (χ4v) is 3.99. The van der Waals surface area contributed by atoms with Crippen molar-refractivity contribution in [2.45, 2.75) is 66.0 Å². The molecule has 0 aliphatic carbocycles. The molecule has 2 rings (SSSR count). The molecule has 164 valence electrons. The van der Waals surface area contributed by atoms with Gasteiger partial charge < -0.3 is 19.9 Å². The highest BCUT2D eigenvalue weighted by atomic mass is 16.6. The van der Waals surface area contributed by atoms with Gasteiger partial charge in [-0.1, -0.05) is 39.8 Å². The fourth-order valence-electron chi connectivity index (χ4n) is 3.99. The minimum atomic E-state index is -0.165. The van der Waals surface area contributed by atoms with Gasteiger partial charge in [-0.2, -0.15) is 0 Å². The predicted octanol–water partition coefficient (Wildman–Crippen LogP) is 4.14. The Morgan fingerprint density at radius 3 is 2.52 bits per heavy atom. The Morgan fingerprint density at radius 2 is 1.93 bits per heavy atom. The first-order chi connectivity index (χ1) is 13.7. The molecule has 0 saturated carbocycles. The second-order valence-electron chi connectivity index (χ2n) is 9.11. The quantitative estimate of drug-likeness (QED) is 0.442. The van der Waals surface area contributed by atoms with E-state index in [4.69, 9.17) is 19.9 Å². The molecule has 4 atom stereocenters. The largest absolute Gasteiger partial charge is 0.491 e. The van der Waals surface area contributed by atoms with Gasteiger partial charge in [0.05, 0.1) is 12.5 Å². The fraction of sp³-hybridized carbons (Fsp3) is 0.708. The Hall–Kier alpha value is -1.59.